The van der Waals surface area contributed by atoms with Crippen LogP contribution >= 0.6 is 0 Å². The Hall–Kier alpha value is -1.96. The number of nitrogens with two attached hydrogens (primary N) is 1. The molecule has 8 nitrogen and oxygen atoms in total. The smallest absolute Gasteiger partial charge is 0.311 e. The largest absolute Gasteiger partial charge is 0.481 e. The molecule has 0 unspecified atom stereocenters. The first-order valence-electron chi connectivity index (χ1n) is 7.19. The Bertz CT molecular complexity index is 508. The van der Waals surface area contributed by atoms with Crippen LogP contribution in [0.25, 0.3) is 0 Å². The van der Waals surface area contributed by atoms with Crippen molar-refractivity contribution in [3.8, 4) is 0 Å². The molecule has 21 heavy (non-hydrogen) atoms. The Balaban J connectivity index is 1.96. The standard InChI is InChI=1S/C13H21N5O3/c14-6-7-18-8-10(16-17-18)11(19)15-9-13(12(20)21)4-2-1-3-5-13/h8H,1-7,9,14H2,(H,15,19)(H,20,21). The van der Waals surface area contributed by atoms with E-state index >= 15 is 0 Å². The molecule has 116 valence electrons. The van der Waals surface area contributed by atoms with E-state index in [4.69, 9.17) is 5.73 Å². The fourth-order valence-electron chi connectivity index (χ4n) is 2.68. The summed E-state index contributed by atoms with van der Waals surface area (Å²) in [6.07, 6.45) is 5.53. The highest BCUT2D eigenvalue weighted by Gasteiger charge is 2.39. The van der Waals surface area contributed by atoms with Crippen LogP contribution < -0.4 is 11.1 Å². The van der Waals surface area contributed by atoms with Crippen molar-refractivity contribution < 1.29 is 14.7 Å². The third kappa shape index (κ3) is 3.57. The zero-order valence-electron chi connectivity index (χ0n) is 11.9. The van der Waals surface area contributed by atoms with Crippen LogP contribution in [-0.4, -0.2) is 45.1 Å². The molecule has 4 N–H and O–H groups in total. The van der Waals surface area contributed by atoms with Gasteiger partial charge in [-0.25, -0.2) is 0 Å². The molecule has 0 spiro atoms. The van der Waals surface area contributed by atoms with Gasteiger partial charge in [0.25, 0.3) is 5.91 Å². The molecule has 1 fully saturated rings. The summed E-state index contributed by atoms with van der Waals surface area (Å²) in [4.78, 5) is 23.5. The monoisotopic (exact) mass is 295 g/mol. The lowest BCUT2D eigenvalue weighted by molar-refractivity contribution is -0.150. The number of carbonyl (C=O) groups excluding carboxylic acids is 1. The molecule has 0 saturated heterocycles. The fraction of sp³-hybridized carbons (Fsp3) is 0.692. The van der Waals surface area contributed by atoms with E-state index in [1.54, 1.807) is 0 Å². The van der Waals surface area contributed by atoms with Crippen molar-refractivity contribution in [3.05, 3.63) is 11.9 Å². The topological polar surface area (TPSA) is 123 Å². The molecule has 1 saturated carbocycles. The SMILES string of the molecule is NCCn1cc(C(=O)NCC2(C(=O)O)CCCCC2)nn1. The van der Waals surface area contributed by atoms with E-state index in [1.807, 2.05) is 0 Å². The number of carboxylic acid groups (broad SMARTS) is 1. The fourth-order valence-corrected chi connectivity index (χ4v) is 2.68. The number of hydrogen-bond donors (Lipinski definition) is 3. The molecule has 8 heteroatoms. The third-order valence-corrected chi connectivity index (χ3v) is 3.98. The van der Waals surface area contributed by atoms with Crippen LogP contribution in [0.15, 0.2) is 6.20 Å². The zero-order chi connectivity index (χ0) is 15.3. The molecule has 1 aliphatic rings. The van der Waals surface area contributed by atoms with Crippen molar-refractivity contribution in [2.75, 3.05) is 13.1 Å². The number of aliphatic carboxylic acids is 1. The number of carbonyl (C=O) groups is 2. The minimum Gasteiger partial charge on any atom is -0.481 e. The van der Waals surface area contributed by atoms with Crippen molar-refractivity contribution in [3.63, 3.8) is 0 Å². The molecule has 1 aliphatic carbocycles. The van der Waals surface area contributed by atoms with Crippen LogP contribution in [0.5, 0.6) is 0 Å². The van der Waals surface area contributed by atoms with Gasteiger partial charge in [0.05, 0.1) is 18.2 Å². The summed E-state index contributed by atoms with van der Waals surface area (Å²) < 4.78 is 1.49. The summed E-state index contributed by atoms with van der Waals surface area (Å²) in [5.41, 5.74) is 4.73. The Labute approximate surface area is 122 Å². The minimum atomic E-state index is -0.846. The van der Waals surface area contributed by atoms with Crippen molar-refractivity contribution in [2.45, 2.75) is 38.6 Å². The maximum atomic E-state index is 12.0. The lowest BCUT2D eigenvalue weighted by atomic mass is 9.74. The Morgan fingerprint density at radius 2 is 2.10 bits per heavy atom. The molecular weight excluding hydrogens is 274 g/mol. The van der Waals surface area contributed by atoms with Crippen molar-refractivity contribution in [1.29, 1.82) is 0 Å². The Morgan fingerprint density at radius 3 is 2.71 bits per heavy atom. The van der Waals surface area contributed by atoms with Crippen molar-refractivity contribution >= 4 is 11.9 Å². The Morgan fingerprint density at radius 1 is 1.38 bits per heavy atom. The van der Waals surface area contributed by atoms with Gasteiger partial charge in [0.15, 0.2) is 5.69 Å². The number of carboxylic acids is 1. The molecule has 0 aromatic carbocycles. The second-order valence-electron chi connectivity index (χ2n) is 5.48. The van der Waals surface area contributed by atoms with E-state index < -0.39 is 17.3 Å². The van der Waals surface area contributed by atoms with E-state index in [9.17, 15) is 14.7 Å². The molecule has 0 radical (unpaired) electrons. The molecule has 1 aromatic rings. The van der Waals surface area contributed by atoms with Gasteiger partial charge in [-0.15, -0.1) is 5.10 Å². The normalized spacial score (nSPS) is 17.4. The minimum absolute atomic E-state index is 0.130. The van der Waals surface area contributed by atoms with Crippen LogP contribution in [0.2, 0.25) is 0 Å². The maximum absolute atomic E-state index is 12.0. The third-order valence-electron chi connectivity index (χ3n) is 3.98. The second-order valence-corrected chi connectivity index (χ2v) is 5.48. The highest BCUT2D eigenvalue weighted by Crippen LogP contribution is 2.36. The summed E-state index contributed by atoms with van der Waals surface area (Å²) >= 11 is 0. The first-order chi connectivity index (χ1) is 10.1. The molecule has 0 atom stereocenters. The highest BCUT2D eigenvalue weighted by molar-refractivity contribution is 5.92. The predicted octanol–water partition coefficient (Wildman–Crippen LogP) is 0.00170. The quantitative estimate of drug-likeness (QED) is 0.679. The molecule has 1 amide bonds. The number of rotatable bonds is 6. The molecule has 1 aromatic heterocycles. The summed E-state index contributed by atoms with van der Waals surface area (Å²) in [7, 11) is 0. The number of amides is 1. The van der Waals surface area contributed by atoms with Gasteiger partial charge >= 0.3 is 5.97 Å². The molecule has 1 heterocycles. The number of nitrogens with one attached hydrogen (secondary N) is 1. The summed E-state index contributed by atoms with van der Waals surface area (Å²) in [6.45, 7) is 1.02. The van der Waals surface area contributed by atoms with Gasteiger partial charge in [-0.2, -0.15) is 0 Å². The summed E-state index contributed by atoms with van der Waals surface area (Å²) in [6, 6.07) is 0. The highest BCUT2D eigenvalue weighted by atomic mass is 16.4. The van der Waals surface area contributed by atoms with Gasteiger partial charge in [-0.1, -0.05) is 24.5 Å². The van der Waals surface area contributed by atoms with E-state index in [0.29, 0.717) is 25.9 Å². The van der Waals surface area contributed by atoms with Gasteiger partial charge in [0.1, 0.15) is 0 Å². The van der Waals surface area contributed by atoms with Crippen LogP contribution in [0, 0.1) is 5.41 Å². The lowest BCUT2D eigenvalue weighted by Crippen LogP contribution is -2.44. The van der Waals surface area contributed by atoms with E-state index in [2.05, 4.69) is 15.6 Å². The van der Waals surface area contributed by atoms with Crippen LogP contribution in [0.3, 0.4) is 0 Å². The average Bonchev–Trinajstić information content (AvgIpc) is 2.95. The second kappa shape index (κ2) is 6.66. The first-order valence-corrected chi connectivity index (χ1v) is 7.19. The number of nitrogens with zero attached hydrogens (tertiary/aromatic N) is 3. The van der Waals surface area contributed by atoms with Crippen LogP contribution in [0.1, 0.15) is 42.6 Å². The summed E-state index contributed by atoms with van der Waals surface area (Å²) in [5.74, 6) is -1.24. The van der Waals surface area contributed by atoms with E-state index in [-0.39, 0.29) is 12.2 Å². The van der Waals surface area contributed by atoms with Gasteiger partial charge in [-0.05, 0) is 12.8 Å². The van der Waals surface area contributed by atoms with Gasteiger partial charge in [-0.3, -0.25) is 14.3 Å². The van der Waals surface area contributed by atoms with Crippen LogP contribution in [0.4, 0.5) is 0 Å². The van der Waals surface area contributed by atoms with E-state index in [0.717, 1.165) is 19.3 Å². The molecule has 0 bridgehead atoms. The predicted molar refractivity (Wildman–Crippen MR) is 74.6 cm³/mol. The average molecular weight is 295 g/mol. The van der Waals surface area contributed by atoms with Gasteiger partial charge in [0.2, 0.25) is 0 Å². The van der Waals surface area contributed by atoms with Crippen LogP contribution in [-0.2, 0) is 11.3 Å². The molecular formula is C13H21N5O3. The number of aromatic nitrogens is 3. The van der Waals surface area contributed by atoms with Crippen molar-refractivity contribution in [1.82, 2.24) is 20.3 Å². The zero-order valence-corrected chi connectivity index (χ0v) is 11.9. The molecule has 0 aliphatic heterocycles. The Kier molecular flexibility index (Phi) is 4.89. The number of hydrogen-bond acceptors (Lipinski definition) is 5. The first kappa shape index (κ1) is 15.4. The van der Waals surface area contributed by atoms with Gasteiger partial charge in [0, 0.05) is 13.1 Å². The molecule has 2 rings (SSSR count). The van der Waals surface area contributed by atoms with Gasteiger partial charge < -0.3 is 16.2 Å². The van der Waals surface area contributed by atoms with Crippen molar-refractivity contribution in [2.24, 2.45) is 11.1 Å². The maximum Gasteiger partial charge on any atom is 0.311 e. The van der Waals surface area contributed by atoms with E-state index in [1.165, 1.54) is 10.9 Å². The summed E-state index contributed by atoms with van der Waals surface area (Å²) in [5, 5.41) is 19.7. The lowest BCUT2D eigenvalue weighted by Gasteiger charge is -2.33.